The predicted octanol–water partition coefficient (Wildman–Crippen LogP) is 5.95. The van der Waals surface area contributed by atoms with Crippen LogP contribution in [0.25, 0.3) is 11.0 Å². The molecule has 0 radical (unpaired) electrons. The molecule has 10 heteroatoms. The van der Waals surface area contributed by atoms with E-state index in [4.69, 9.17) is 27.9 Å². The fourth-order valence-electron chi connectivity index (χ4n) is 4.16. The standard InChI is InChI=1S/C25H29Cl2N5O3/c1-15-20-21(27)19(23(33)29-18-7-5-17(26)6-8-18)13-28-22(20)32(30-15)14-16-9-11-31(12-10-16)24(34)35-25(2,3)4/h5-8,13,16H,9-12,14H2,1-4H3,(H,29,33). The second-order valence-corrected chi connectivity index (χ2v) is 10.6. The van der Waals surface area contributed by atoms with Crippen LogP contribution in [0.1, 0.15) is 49.7 Å². The minimum atomic E-state index is -0.505. The molecule has 2 aromatic heterocycles. The van der Waals surface area contributed by atoms with Crippen LogP contribution in [0.3, 0.4) is 0 Å². The number of nitrogens with zero attached hydrogens (tertiary/aromatic N) is 4. The van der Waals surface area contributed by atoms with E-state index in [0.717, 1.165) is 12.8 Å². The van der Waals surface area contributed by atoms with E-state index in [0.29, 0.717) is 58.0 Å². The van der Waals surface area contributed by atoms with Crippen LogP contribution in [-0.4, -0.2) is 50.4 Å². The van der Waals surface area contributed by atoms with Crippen LogP contribution in [-0.2, 0) is 11.3 Å². The van der Waals surface area contributed by atoms with E-state index in [1.807, 2.05) is 32.4 Å². The van der Waals surface area contributed by atoms with Crippen molar-refractivity contribution in [3.8, 4) is 0 Å². The van der Waals surface area contributed by atoms with E-state index in [1.165, 1.54) is 6.20 Å². The normalized spacial score (nSPS) is 14.9. The molecule has 1 aliphatic rings. The summed E-state index contributed by atoms with van der Waals surface area (Å²) in [6.07, 6.45) is 2.90. The number of rotatable bonds is 4. The van der Waals surface area contributed by atoms with Gasteiger partial charge in [0, 0.05) is 36.5 Å². The first-order chi connectivity index (χ1) is 16.5. The fourth-order valence-corrected chi connectivity index (χ4v) is 4.64. The number of piperidine rings is 1. The number of nitrogens with one attached hydrogen (secondary N) is 1. The highest BCUT2D eigenvalue weighted by atomic mass is 35.5. The van der Waals surface area contributed by atoms with Gasteiger partial charge in [0.2, 0.25) is 0 Å². The summed E-state index contributed by atoms with van der Waals surface area (Å²) < 4.78 is 7.34. The van der Waals surface area contributed by atoms with Crippen molar-refractivity contribution in [1.82, 2.24) is 19.7 Å². The van der Waals surface area contributed by atoms with E-state index >= 15 is 0 Å². The van der Waals surface area contributed by atoms with Crippen molar-refractivity contribution < 1.29 is 14.3 Å². The monoisotopic (exact) mass is 517 g/mol. The van der Waals surface area contributed by atoms with Crippen molar-refractivity contribution >= 4 is 51.9 Å². The van der Waals surface area contributed by atoms with Gasteiger partial charge in [-0.15, -0.1) is 0 Å². The molecule has 1 fully saturated rings. The van der Waals surface area contributed by atoms with Gasteiger partial charge in [0.1, 0.15) is 5.60 Å². The molecule has 0 unspecified atom stereocenters. The Hall–Kier alpha value is -2.84. The average Bonchev–Trinajstić information content (AvgIpc) is 3.10. The number of anilines is 1. The third-order valence-electron chi connectivity index (χ3n) is 5.92. The lowest BCUT2D eigenvalue weighted by Crippen LogP contribution is -2.42. The van der Waals surface area contributed by atoms with Crippen molar-refractivity contribution in [2.75, 3.05) is 18.4 Å². The number of fused-ring (bicyclic) bond motifs is 1. The van der Waals surface area contributed by atoms with Crippen LogP contribution in [0.2, 0.25) is 10.0 Å². The summed E-state index contributed by atoms with van der Waals surface area (Å²) in [6.45, 7) is 9.40. The molecule has 186 valence electrons. The zero-order chi connectivity index (χ0) is 25.3. The Labute approximate surface area is 214 Å². The molecule has 1 N–H and O–H groups in total. The Morgan fingerprint density at radius 2 is 1.80 bits per heavy atom. The molecular weight excluding hydrogens is 489 g/mol. The van der Waals surface area contributed by atoms with Crippen LogP contribution in [0.5, 0.6) is 0 Å². The molecule has 8 nitrogen and oxygen atoms in total. The lowest BCUT2D eigenvalue weighted by Gasteiger charge is -2.33. The predicted molar refractivity (Wildman–Crippen MR) is 137 cm³/mol. The smallest absolute Gasteiger partial charge is 0.410 e. The highest BCUT2D eigenvalue weighted by Crippen LogP contribution is 2.30. The third kappa shape index (κ3) is 5.87. The van der Waals surface area contributed by atoms with E-state index < -0.39 is 5.60 Å². The maximum Gasteiger partial charge on any atom is 0.410 e. The molecule has 0 atom stereocenters. The Balaban J connectivity index is 1.46. The van der Waals surface area contributed by atoms with E-state index in [9.17, 15) is 9.59 Å². The Kier molecular flexibility index (Phi) is 7.24. The first-order valence-electron chi connectivity index (χ1n) is 11.6. The lowest BCUT2D eigenvalue weighted by atomic mass is 9.97. The first kappa shape index (κ1) is 25.3. The molecule has 0 bridgehead atoms. The molecule has 0 aliphatic carbocycles. The maximum absolute atomic E-state index is 12.8. The number of aromatic nitrogens is 3. The molecule has 3 aromatic rings. The Morgan fingerprint density at radius 3 is 2.43 bits per heavy atom. The molecule has 0 saturated carbocycles. The third-order valence-corrected chi connectivity index (χ3v) is 6.56. The number of carbonyl (C=O) groups excluding carboxylic acids is 2. The SMILES string of the molecule is Cc1nn(CC2CCN(C(=O)OC(C)(C)C)CC2)c2ncc(C(=O)Nc3ccc(Cl)cc3)c(Cl)c12. The lowest BCUT2D eigenvalue weighted by molar-refractivity contribution is 0.0177. The molecule has 3 heterocycles. The number of halogens is 2. The van der Waals surface area contributed by atoms with Gasteiger partial charge >= 0.3 is 6.09 Å². The zero-order valence-corrected chi connectivity index (χ0v) is 21.8. The van der Waals surface area contributed by atoms with Crippen molar-refractivity contribution in [2.45, 2.75) is 52.7 Å². The summed E-state index contributed by atoms with van der Waals surface area (Å²) >= 11 is 12.6. The molecule has 4 rings (SSSR count). The molecular formula is C25H29Cl2N5O3. The van der Waals surface area contributed by atoms with E-state index in [-0.39, 0.29) is 17.6 Å². The second-order valence-electron chi connectivity index (χ2n) is 9.82. The molecule has 35 heavy (non-hydrogen) atoms. The fraction of sp³-hybridized carbons (Fsp3) is 0.440. The van der Waals surface area contributed by atoms with E-state index in [2.05, 4.69) is 15.4 Å². The van der Waals surface area contributed by atoms with Gasteiger partial charge in [-0.05, 0) is 70.7 Å². The van der Waals surface area contributed by atoms with Crippen molar-refractivity contribution in [3.63, 3.8) is 0 Å². The summed E-state index contributed by atoms with van der Waals surface area (Å²) in [5.74, 6) is -0.0157. The van der Waals surface area contributed by atoms with Crippen LogP contribution < -0.4 is 5.32 Å². The quantitative estimate of drug-likeness (QED) is 0.461. The minimum Gasteiger partial charge on any atom is -0.444 e. The summed E-state index contributed by atoms with van der Waals surface area (Å²) in [5.41, 5.74) is 1.74. The minimum absolute atomic E-state index is 0.269. The number of hydrogen-bond acceptors (Lipinski definition) is 5. The van der Waals surface area contributed by atoms with Gasteiger partial charge in [-0.3, -0.25) is 4.79 Å². The van der Waals surface area contributed by atoms with E-state index in [1.54, 1.807) is 29.2 Å². The molecule has 1 aromatic carbocycles. The number of carbonyl (C=O) groups is 2. The van der Waals surface area contributed by atoms with Gasteiger partial charge in [-0.2, -0.15) is 5.10 Å². The molecule has 0 spiro atoms. The largest absolute Gasteiger partial charge is 0.444 e. The topological polar surface area (TPSA) is 89.3 Å². The van der Waals surface area contributed by atoms with Gasteiger partial charge in [-0.25, -0.2) is 14.5 Å². The van der Waals surface area contributed by atoms with Gasteiger partial charge < -0.3 is 15.0 Å². The number of ether oxygens (including phenoxy) is 1. The van der Waals surface area contributed by atoms with Crippen LogP contribution in [0.4, 0.5) is 10.5 Å². The summed E-state index contributed by atoms with van der Waals surface area (Å²) in [6, 6.07) is 6.84. The maximum atomic E-state index is 12.8. The van der Waals surface area contributed by atoms with Gasteiger partial charge in [0.25, 0.3) is 5.91 Å². The van der Waals surface area contributed by atoms with Crippen LogP contribution >= 0.6 is 23.2 Å². The zero-order valence-electron chi connectivity index (χ0n) is 20.3. The highest BCUT2D eigenvalue weighted by Gasteiger charge is 2.28. The first-order valence-corrected chi connectivity index (χ1v) is 12.3. The second kappa shape index (κ2) is 10.0. The summed E-state index contributed by atoms with van der Waals surface area (Å²) in [7, 11) is 0. The van der Waals surface area contributed by atoms with Crippen LogP contribution in [0.15, 0.2) is 30.5 Å². The average molecular weight is 518 g/mol. The van der Waals surface area contributed by atoms with Crippen molar-refractivity contribution in [2.24, 2.45) is 5.92 Å². The number of likely N-dealkylation sites (tertiary alicyclic amines) is 1. The number of benzene rings is 1. The number of aryl methyl sites for hydroxylation is 1. The van der Waals surface area contributed by atoms with Crippen molar-refractivity contribution in [3.05, 3.63) is 51.8 Å². The molecule has 1 aliphatic heterocycles. The highest BCUT2D eigenvalue weighted by molar-refractivity contribution is 6.39. The summed E-state index contributed by atoms with van der Waals surface area (Å²) in [4.78, 5) is 31.5. The number of amides is 2. The number of hydrogen-bond donors (Lipinski definition) is 1. The molecule has 1 saturated heterocycles. The van der Waals surface area contributed by atoms with Gasteiger partial charge in [0.05, 0.1) is 21.7 Å². The van der Waals surface area contributed by atoms with Crippen molar-refractivity contribution in [1.29, 1.82) is 0 Å². The number of pyridine rings is 1. The summed E-state index contributed by atoms with van der Waals surface area (Å²) in [5, 5.41) is 9.06. The van der Waals surface area contributed by atoms with Crippen LogP contribution in [0, 0.1) is 12.8 Å². The van der Waals surface area contributed by atoms with Gasteiger partial charge in [0.15, 0.2) is 5.65 Å². The molecule has 2 amide bonds. The van der Waals surface area contributed by atoms with Gasteiger partial charge in [-0.1, -0.05) is 23.2 Å². The Bertz CT molecular complexity index is 1240. The Morgan fingerprint density at radius 1 is 1.14 bits per heavy atom.